The summed E-state index contributed by atoms with van der Waals surface area (Å²) in [5.41, 5.74) is 3.48. The quantitative estimate of drug-likeness (QED) is 0.605. The van der Waals surface area contributed by atoms with Crippen molar-refractivity contribution in [3.8, 4) is 0 Å². The Bertz CT molecular complexity index is 443. The minimum Gasteiger partial charge on any atom is -0.352 e. The second kappa shape index (κ2) is 5.09. The van der Waals surface area contributed by atoms with E-state index in [4.69, 9.17) is 0 Å². The molecule has 3 rings (SSSR count). The molecule has 3 aliphatic rings. The van der Waals surface area contributed by atoms with Gasteiger partial charge < -0.3 is 4.90 Å². The van der Waals surface area contributed by atoms with Gasteiger partial charge >= 0.3 is 0 Å². The maximum absolute atomic E-state index is 4.28. The summed E-state index contributed by atoms with van der Waals surface area (Å²) in [6.07, 6.45) is 12.5. The Morgan fingerprint density at radius 1 is 1.45 bits per heavy atom. The molecule has 0 aromatic carbocycles. The van der Waals surface area contributed by atoms with Gasteiger partial charge in [0.1, 0.15) is 0 Å². The predicted molar refractivity (Wildman–Crippen MR) is 86.1 cm³/mol. The van der Waals surface area contributed by atoms with Crippen LogP contribution in [0.3, 0.4) is 0 Å². The van der Waals surface area contributed by atoms with Crippen LogP contribution < -0.4 is 0 Å². The van der Waals surface area contributed by atoms with Crippen molar-refractivity contribution in [1.82, 2.24) is 4.90 Å². The molecule has 0 bridgehead atoms. The van der Waals surface area contributed by atoms with E-state index in [0.717, 1.165) is 24.3 Å². The highest BCUT2D eigenvalue weighted by molar-refractivity contribution is 5.15. The van der Waals surface area contributed by atoms with Gasteiger partial charge in [-0.05, 0) is 74.8 Å². The Morgan fingerprint density at radius 3 is 2.75 bits per heavy atom. The second-order valence-corrected chi connectivity index (χ2v) is 7.53. The Labute approximate surface area is 124 Å². The smallest absolute Gasteiger partial charge is 0.0255 e. The largest absolute Gasteiger partial charge is 0.352 e. The van der Waals surface area contributed by atoms with Crippen LogP contribution in [0.4, 0.5) is 0 Å². The molecule has 20 heavy (non-hydrogen) atoms. The van der Waals surface area contributed by atoms with E-state index in [0.29, 0.717) is 5.41 Å². The van der Waals surface area contributed by atoms with Gasteiger partial charge in [0.2, 0.25) is 0 Å². The van der Waals surface area contributed by atoms with E-state index in [9.17, 15) is 0 Å². The summed E-state index contributed by atoms with van der Waals surface area (Å²) in [7, 11) is 0. The fourth-order valence-corrected chi connectivity index (χ4v) is 4.01. The number of nitrogens with zero attached hydrogens (tertiary/aromatic N) is 1. The standard InChI is InChI=1S/C19H29N/c1-5-20(15(3)16-8-9-16)13-18-12-19(18,4)17-10-6-14(2)7-11-17/h5-6,16-18H,1,3,7-13H2,2,4H3. The number of hydrogen-bond acceptors (Lipinski definition) is 1. The fourth-order valence-electron chi connectivity index (χ4n) is 4.01. The molecule has 0 aromatic rings. The summed E-state index contributed by atoms with van der Waals surface area (Å²) in [6.45, 7) is 14.2. The molecule has 3 atom stereocenters. The van der Waals surface area contributed by atoms with E-state index in [1.807, 2.05) is 6.20 Å². The molecule has 0 amide bonds. The monoisotopic (exact) mass is 271 g/mol. The SMILES string of the molecule is C=CN(CC1CC1(C)C1CC=C(C)CC1)C(=C)C1CC1. The highest BCUT2D eigenvalue weighted by Gasteiger charge is 2.54. The highest BCUT2D eigenvalue weighted by atomic mass is 15.1. The molecule has 3 unspecified atom stereocenters. The molecule has 2 saturated carbocycles. The lowest BCUT2D eigenvalue weighted by atomic mass is 9.78. The van der Waals surface area contributed by atoms with Crippen molar-refractivity contribution in [2.45, 2.75) is 52.4 Å². The van der Waals surface area contributed by atoms with Gasteiger partial charge in [0.05, 0.1) is 0 Å². The summed E-state index contributed by atoms with van der Waals surface area (Å²) in [6, 6.07) is 0. The Balaban J connectivity index is 1.57. The average Bonchev–Trinajstić information content (AvgIpc) is 3.33. The van der Waals surface area contributed by atoms with Gasteiger partial charge in [0, 0.05) is 12.2 Å². The van der Waals surface area contributed by atoms with Crippen molar-refractivity contribution in [1.29, 1.82) is 0 Å². The zero-order valence-electron chi connectivity index (χ0n) is 13.2. The van der Waals surface area contributed by atoms with Gasteiger partial charge in [-0.15, -0.1) is 0 Å². The lowest BCUT2D eigenvalue weighted by Crippen LogP contribution is -2.24. The Kier molecular flexibility index (Phi) is 3.56. The third-order valence-corrected chi connectivity index (χ3v) is 6.08. The molecule has 1 nitrogen and oxygen atoms in total. The topological polar surface area (TPSA) is 3.24 Å². The number of rotatable bonds is 6. The van der Waals surface area contributed by atoms with Crippen LogP contribution >= 0.6 is 0 Å². The zero-order valence-corrected chi connectivity index (χ0v) is 13.2. The normalized spacial score (nSPS) is 36.2. The zero-order chi connectivity index (χ0) is 14.3. The first-order valence-corrected chi connectivity index (χ1v) is 8.28. The van der Waals surface area contributed by atoms with E-state index < -0.39 is 0 Å². The molecule has 110 valence electrons. The Hall–Kier alpha value is -0.980. The maximum Gasteiger partial charge on any atom is 0.0255 e. The fraction of sp³-hybridized carbons (Fsp3) is 0.684. The number of allylic oxidation sites excluding steroid dienone is 3. The van der Waals surface area contributed by atoms with Gasteiger partial charge in [-0.3, -0.25) is 0 Å². The lowest BCUT2D eigenvalue weighted by Gasteiger charge is -2.29. The van der Waals surface area contributed by atoms with E-state index in [1.54, 1.807) is 5.57 Å². The van der Waals surface area contributed by atoms with Crippen LogP contribution in [0.15, 0.2) is 36.7 Å². The minimum absolute atomic E-state index is 0.572. The van der Waals surface area contributed by atoms with Gasteiger partial charge in [0.25, 0.3) is 0 Å². The van der Waals surface area contributed by atoms with E-state index in [1.165, 1.54) is 44.2 Å². The van der Waals surface area contributed by atoms with Gasteiger partial charge in [-0.25, -0.2) is 0 Å². The summed E-state index contributed by atoms with van der Waals surface area (Å²) >= 11 is 0. The van der Waals surface area contributed by atoms with Crippen LogP contribution in [0.25, 0.3) is 0 Å². The number of hydrogen-bond donors (Lipinski definition) is 0. The average molecular weight is 271 g/mol. The van der Waals surface area contributed by atoms with E-state index >= 15 is 0 Å². The third-order valence-electron chi connectivity index (χ3n) is 6.08. The molecule has 2 fully saturated rings. The summed E-state index contributed by atoms with van der Waals surface area (Å²) < 4.78 is 0. The van der Waals surface area contributed by atoms with Crippen molar-refractivity contribution >= 4 is 0 Å². The Morgan fingerprint density at radius 2 is 2.20 bits per heavy atom. The van der Waals surface area contributed by atoms with Crippen molar-refractivity contribution in [2.75, 3.05) is 6.54 Å². The van der Waals surface area contributed by atoms with Crippen molar-refractivity contribution < 1.29 is 0 Å². The molecule has 0 spiro atoms. The molecule has 0 N–H and O–H groups in total. The van der Waals surface area contributed by atoms with Crippen LogP contribution in [0.5, 0.6) is 0 Å². The molecule has 0 saturated heterocycles. The molecule has 3 aliphatic carbocycles. The second-order valence-electron chi connectivity index (χ2n) is 7.53. The van der Waals surface area contributed by atoms with E-state index in [2.05, 4.69) is 38.0 Å². The maximum atomic E-state index is 4.28. The first kappa shape index (κ1) is 14.0. The first-order chi connectivity index (χ1) is 9.54. The van der Waals surface area contributed by atoms with Crippen LogP contribution in [0, 0.1) is 23.2 Å². The minimum atomic E-state index is 0.572. The molecular formula is C19H29N. The van der Waals surface area contributed by atoms with Crippen LogP contribution in [-0.2, 0) is 0 Å². The van der Waals surface area contributed by atoms with E-state index in [-0.39, 0.29) is 0 Å². The molecule has 0 aromatic heterocycles. The first-order valence-electron chi connectivity index (χ1n) is 8.28. The van der Waals surface area contributed by atoms with Gasteiger partial charge in [-0.1, -0.05) is 31.7 Å². The third kappa shape index (κ3) is 2.60. The molecule has 0 heterocycles. The summed E-state index contributed by atoms with van der Waals surface area (Å²) in [4.78, 5) is 2.34. The van der Waals surface area contributed by atoms with Gasteiger partial charge in [-0.2, -0.15) is 0 Å². The summed E-state index contributed by atoms with van der Waals surface area (Å²) in [5.74, 6) is 2.49. The van der Waals surface area contributed by atoms with Crippen LogP contribution in [0.1, 0.15) is 52.4 Å². The molecule has 1 heteroatoms. The summed E-state index contributed by atoms with van der Waals surface area (Å²) in [5, 5.41) is 0. The predicted octanol–water partition coefficient (Wildman–Crippen LogP) is 5.13. The van der Waals surface area contributed by atoms with Crippen LogP contribution in [0.2, 0.25) is 0 Å². The van der Waals surface area contributed by atoms with Crippen molar-refractivity contribution in [3.05, 3.63) is 36.7 Å². The van der Waals surface area contributed by atoms with Crippen molar-refractivity contribution in [3.63, 3.8) is 0 Å². The molecule has 0 aliphatic heterocycles. The van der Waals surface area contributed by atoms with Gasteiger partial charge in [0.15, 0.2) is 0 Å². The van der Waals surface area contributed by atoms with Crippen LogP contribution in [-0.4, -0.2) is 11.4 Å². The molecular weight excluding hydrogens is 242 g/mol. The molecule has 0 radical (unpaired) electrons. The highest BCUT2D eigenvalue weighted by Crippen LogP contribution is 2.61. The van der Waals surface area contributed by atoms with Crippen molar-refractivity contribution in [2.24, 2.45) is 23.2 Å². The lowest BCUT2D eigenvalue weighted by molar-refractivity contribution is 0.261.